The summed E-state index contributed by atoms with van der Waals surface area (Å²) in [4.78, 5) is 12.1. The molecule has 0 saturated heterocycles. The molecule has 0 saturated carbocycles. The summed E-state index contributed by atoms with van der Waals surface area (Å²) in [5, 5.41) is 1.79. The van der Waals surface area contributed by atoms with E-state index in [1.54, 1.807) is 6.07 Å². The molecule has 0 aliphatic heterocycles. The topological polar surface area (TPSA) is 26.3 Å². The van der Waals surface area contributed by atoms with Gasteiger partial charge in [0.1, 0.15) is 6.61 Å². The highest BCUT2D eigenvalue weighted by molar-refractivity contribution is 6.08. The van der Waals surface area contributed by atoms with Crippen molar-refractivity contribution < 1.29 is 22.7 Å². The number of hydrogen-bond donors (Lipinski definition) is 0. The van der Waals surface area contributed by atoms with Gasteiger partial charge in [-0.2, -0.15) is 13.2 Å². The van der Waals surface area contributed by atoms with Gasteiger partial charge in [-0.05, 0) is 23.3 Å². The maximum atomic E-state index is 12.1. The van der Waals surface area contributed by atoms with E-state index in [2.05, 4.69) is 4.74 Å². The molecule has 0 unspecified atom stereocenters. The van der Waals surface area contributed by atoms with Crippen LogP contribution in [0.1, 0.15) is 22.3 Å². The first-order chi connectivity index (χ1) is 9.88. The maximum Gasteiger partial charge on any atom is 0.411 e. The Kier molecular flexibility index (Phi) is 4.63. The fourth-order valence-electron chi connectivity index (χ4n) is 2.18. The summed E-state index contributed by atoms with van der Waals surface area (Å²) in [5.41, 5.74) is 1.57. The van der Waals surface area contributed by atoms with Crippen LogP contribution in [0.25, 0.3) is 10.8 Å². The third-order valence-electron chi connectivity index (χ3n) is 3.18. The Bertz CT molecular complexity index is 648. The summed E-state index contributed by atoms with van der Waals surface area (Å²) < 4.78 is 40.3. The number of halogens is 3. The zero-order valence-corrected chi connectivity index (χ0v) is 11.5. The average Bonchev–Trinajstić information content (AvgIpc) is 2.43. The van der Waals surface area contributed by atoms with E-state index in [9.17, 15) is 18.0 Å². The molecule has 0 radical (unpaired) electrons. The number of hydrogen-bond acceptors (Lipinski definition) is 2. The van der Waals surface area contributed by atoms with Crippen LogP contribution < -0.4 is 0 Å². The molecule has 2 aromatic carbocycles. The minimum Gasteiger partial charge on any atom is -0.372 e. The molecule has 21 heavy (non-hydrogen) atoms. The van der Waals surface area contributed by atoms with Crippen molar-refractivity contribution in [3.05, 3.63) is 47.5 Å². The van der Waals surface area contributed by atoms with Crippen molar-refractivity contribution in [2.75, 3.05) is 13.2 Å². The van der Waals surface area contributed by atoms with Crippen LogP contribution in [0.2, 0.25) is 0 Å². The molecule has 0 amide bonds. The fraction of sp³-hybridized carbons (Fsp3) is 0.312. The third kappa shape index (κ3) is 4.04. The lowest BCUT2D eigenvalue weighted by atomic mass is 9.97. The number of Topliss-reactive ketones (excluding diaryl/α,β-unsaturated/α-hetero) is 1. The molecule has 0 bridgehead atoms. The molecule has 112 valence electrons. The average molecular weight is 296 g/mol. The quantitative estimate of drug-likeness (QED) is 0.607. The van der Waals surface area contributed by atoms with Crippen molar-refractivity contribution in [3.8, 4) is 0 Å². The van der Waals surface area contributed by atoms with Gasteiger partial charge in [0.05, 0.1) is 6.61 Å². The van der Waals surface area contributed by atoms with Crippen LogP contribution >= 0.6 is 0 Å². The minimum absolute atomic E-state index is 0.0663. The molecular formula is C16H15F3O2. The molecular weight excluding hydrogens is 281 g/mol. The van der Waals surface area contributed by atoms with E-state index in [0.717, 1.165) is 16.3 Å². The summed E-state index contributed by atoms with van der Waals surface area (Å²) in [6.45, 7) is 0.387. The second-order valence-electron chi connectivity index (χ2n) is 4.82. The van der Waals surface area contributed by atoms with Gasteiger partial charge >= 0.3 is 6.18 Å². The van der Waals surface area contributed by atoms with Crippen LogP contribution in [0.3, 0.4) is 0 Å². The summed E-state index contributed by atoms with van der Waals surface area (Å²) >= 11 is 0. The fourth-order valence-corrected chi connectivity index (χ4v) is 2.18. The van der Waals surface area contributed by atoms with Gasteiger partial charge in [-0.3, -0.25) is 4.79 Å². The highest BCUT2D eigenvalue weighted by Gasteiger charge is 2.27. The van der Waals surface area contributed by atoms with Crippen LogP contribution in [0, 0.1) is 6.92 Å². The van der Waals surface area contributed by atoms with Gasteiger partial charge in [0.15, 0.2) is 5.78 Å². The Morgan fingerprint density at radius 1 is 1.10 bits per heavy atom. The van der Waals surface area contributed by atoms with Crippen LogP contribution in [-0.4, -0.2) is 25.2 Å². The third-order valence-corrected chi connectivity index (χ3v) is 3.18. The highest BCUT2D eigenvalue weighted by atomic mass is 19.4. The summed E-state index contributed by atoms with van der Waals surface area (Å²) in [5.74, 6) is -0.214. The number of alkyl halides is 3. The molecule has 0 aromatic heterocycles. The van der Waals surface area contributed by atoms with E-state index in [1.165, 1.54) is 0 Å². The normalized spacial score (nSPS) is 11.8. The highest BCUT2D eigenvalue weighted by Crippen LogP contribution is 2.23. The molecule has 2 rings (SSSR count). The van der Waals surface area contributed by atoms with Crippen molar-refractivity contribution >= 4 is 16.6 Å². The van der Waals surface area contributed by atoms with Crippen LogP contribution in [-0.2, 0) is 4.74 Å². The number of benzene rings is 2. The molecule has 0 aliphatic carbocycles. The van der Waals surface area contributed by atoms with E-state index in [1.807, 2.05) is 37.3 Å². The number of ketones is 1. The van der Waals surface area contributed by atoms with Crippen LogP contribution in [0.5, 0.6) is 0 Å². The number of carbonyl (C=O) groups excluding carboxylic acids is 1. The molecule has 2 nitrogen and oxygen atoms in total. The van der Waals surface area contributed by atoms with E-state index in [4.69, 9.17) is 0 Å². The van der Waals surface area contributed by atoms with Crippen molar-refractivity contribution in [2.45, 2.75) is 19.5 Å². The molecule has 0 spiro atoms. The first-order valence-electron chi connectivity index (χ1n) is 6.54. The van der Waals surface area contributed by atoms with Gasteiger partial charge in [-0.1, -0.05) is 36.4 Å². The molecule has 0 N–H and O–H groups in total. The van der Waals surface area contributed by atoms with Crippen molar-refractivity contribution in [1.29, 1.82) is 0 Å². The van der Waals surface area contributed by atoms with Crippen LogP contribution in [0.15, 0.2) is 36.4 Å². The first-order valence-corrected chi connectivity index (χ1v) is 6.54. The van der Waals surface area contributed by atoms with Gasteiger partial charge in [-0.15, -0.1) is 0 Å². The Balaban J connectivity index is 2.08. The molecule has 2 aromatic rings. The Hall–Kier alpha value is -1.88. The van der Waals surface area contributed by atoms with E-state index in [-0.39, 0.29) is 18.8 Å². The Morgan fingerprint density at radius 2 is 1.76 bits per heavy atom. The van der Waals surface area contributed by atoms with E-state index >= 15 is 0 Å². The van der Waals surface area contributed by atoms with E-state index < -0.39 is 12.8 Å². The molecule has 0 heterocycles. The molecule has 0 atom stereocenters. The largest absolute Gasteiger partial charge is 0.411 e. The lowest BCUT2D eigenvalue weighted by Crippen LogP contribution is -2.18. The second kappa shape index (κ2) is 6.26. The maximum absolute atomic E-state index is 12.1. The lowest BCUT2D eigenvalue weighted by Gasteiger charge is -2.09. The molecule has 0 aliphatic rings. The van der Waals surface area contributed by atoms with Gasteiger partial charge in [0.25, 0.3) is 0 Å². The van der Waals surface area contributed by atoms with Crippen molar-refractivity contribution in [1.82, 2.24) is 0 Å². The number of aryl methyl sites for hydroxylation is 1. The zero-order chi connectivity index (χ0) is 15.5. The predicted octanol–water partition coefficient (Wildman–Crippen LogP) is 4.30. The summed E-state index contributed by atoms with van der Waals surface area (Å²) in [7, 11) is 0. The first kappa shape index (κ1) is 15.5. The summed E-state index contributed by atoms with van der Waals surface area (Å²) in [6, 6.07) is 11.0. The Labute approximate surface area is 120 Å². The molecule has 0 fully saturated rings. The monoisotopic (exact) mass is 296 g/mol. The minimum atomic E-state index is -4.36. The zero-order valence-electron chi connectivity index (χ0n) is 11.5. The smallest absolute Gasteiger partial charge is 0.372 e. The molecule has 5 heteroatoms. The van der Waals surface area contributed by atoms with Crippen LogP contribution in [0.4, 0.5) is 13.2 Å². The number of ether oxygens (including phenoxy) is 1. The Morgan fingerprint density at radius 3 is 2.43 bits per heavy atom. The SMILES string of the molecule is Cc1ccc(C(=O)CCOCC(F)(F)F)c2ccccc12. The van der Waals surface area contributed by atoms with Gasteiger partial charge < -0.3 is 4.74 Å². The van der Waals surface area contributed by atoms with Gasteiger partial charge in [0.2, 0.25) is 0 Å². The number of rotatable bonds is 5. The number of fused-ring (bicyclic) bond motifs is 1. The van der Waals surface area contributed by atoms with Gasteiger partial charge in [-0.25, -0.2) is 0 Å². The van der Waals surface area contributed by atoms with Crippen molar-refractivity contribution in [3.63, 3.8) is 0 Å². The predicted molar refractivity (Wildman–Crippen MR) is 74.5 cm³/mol. The van der Waals surface area contributed by atoms with E-state index in [0.29, 0.717) is 5.56 Å². The second-order valence-corrected chi connectivity index (χ2v) is 4.82. The summed E-state index contributed by atoms with van der Waals surface area (Å²) in [6.07, 6.45) is -4.43. The van der Waals surface area contributed by atoms with Gasteiger partial charge in [0, 0.05) is 12.0 Å². The van der Waals surface area contributed by atoms with Crippen molar-refractivity contribution in [2.24, 2.45) is 0 Å². The number of carbonyl (C=O) groups is 1. The lowest BCUT2D eigenvalue weighted by molar-refractivity contribution is -0.173. The standard InChI is InChI=1S/C16H15F3O2/c1-11-6-7-14(13-5-3-2-4-12(11)13)15(20)8-9-21-10-16(17,18)19/h2-7H,8-10H2,1H3.